The van der Waals surface area contributed by atoms with E-state index in [0.29, 0.717) is 23.8 Å². The van der Waals surface area contributed by atoms with Gasteiger partial charge in [0.2, 0.25) is 0 Å². The second-order valence-electron chi connectivity index (χ2n) is 8.30. The summed E-state index contributed by atoms with van der Waals surface area (Å²) in [5.41, 5.74) is 0.786. The Balaban J connectivity index is 1.46. The molecule has 1 heterocycles. The van der Waals surface area contributed by atoms with Gasteiger partial charge in [-0.3, -0.25) is 9.59 Å². The van der Waals surface area contributed by atoms with Gasteiger partial charge in [-0.2, -0.15) is 0 Å². The summed E-state index contributed by atoms with van der Waals surface area (Å²) < 4.78 is 16.2. The van der Waals surface area contributed by atoms with E-state index in [1.807, 2.05) is 11.8 Å². The lowest BCUT2D eigenvalue weighted by Crippen LogP contribution is -2.49. The predicted octanol–water partition coefficient (Wildman–Crippen LogP) is 4.05. The molecule has 0 radical (unpaired) electrons. The molecule has 2 aromatic carbocycles. The van der Waals surface area contributed by atoms with Gasteiger partial charge in [0, 0.05) is 12.1 Å². The van der Waals surface area contributed by atoms with Gasteiger partial charge >= 0.3 is 5.97 Å². The van der Waals surface area contributed by atoms with Gasteiger partial charge in [0.15, 0.2) is 13.2 Å². The summed E-state index contributed by atoms with van der Waals surface area (Å²) in [6.45, 7) is 5.95. The van der Waals surface area contributed by atoms with Gasteiger partial charge in [0.25, 0.3) is 11.8 Å². The maximum absolute atomic E-state index is 12.6. The van der Waals surface area contributed by atoms with Crippen LogP contribution in [0.15, 0.2) is 48.5 Å². The third-order valence-corrected chi connectivity index (χ3v) is 5.73. The number of esters is 1. The number of likely N-dealkylation sites (tertiary alicyclic amines) is 1. The Bertz CT molecular complexity index is 981. The summed E-state index contributed by atoms with van der Waals surface area (Å²) in [5.74, 6) is -0.123. The van der Waals surface area contributed by atoms with Crippen molar-refractivity contribution in [1.82, 2.24) is 4.90 Å². The molecule has 0 aromatic heterocycles. The number of amides is 2. The summed E-state index contributed by atoms with van der Waals surface area (Å²) in [4.78, 5) is 39.0. The molecule has 1 aliphatic heterocycles. The summed E-state index contributed by atoms with van der Waals surface area (Å²) in [6.07, 6.45) is 3.14. The Kier molecular flexibility index (Phi) is 8.90. The molecule has 2 amide bonds. The van der Waals surface area contributed by atoms with Gasteiger partial charge in [-0.25, -0.2) is 4.79 Å². The van der Waals surface area contributed by atoms with Crippen LogP contribution in [-0.4, -0.2) is 54.6 Å². The van der Waals surface area contributed by atoms with Crippen molar-refractivity contribution in [3.8, 4) is 11.5 Å². The van der Waals surface area contributed by atoms with Crippen LogP contribution in [0.25, 0.3) is 0 Å². The van der Waals surface area contributed by atoms with Crippen LogP contribution in [0.3, 0.4) is 0 Å². The zero-order valence-corrected chi connectivity index (χ0v) is 19.9. The first-order valence-corrected chi connectivity index (χ1v) is 11.6. The van der Waals surface area contributed by atoms with Crippen molar-refractivity contribution in [3.63, 3.8) is 0 Å². The smallest absolute Gasteiger partial charge is 0.338 e. The first-order valence-electron chi connectivity index (χ1n) is 11.6. The van der Waals surface area contributed by atoms with Gasteiger partial charge < -0.3 is 24.4 Å². The number of ether oxygens (including phenoxy) is 3. The van der Waals surface area contributed by atoms with Crippen LogP contribution in [0.2, 0.25) is 0 Å². The molecule has 0 saturated carbocycles. The SMILES string of the molecule is CCOc1ccccc1NC(=O)COC(=O)c1ccc(OCC(=O)N2[C@@H](C)CCC[C@@H]2C)cc1. The van der Waals surface area contributed by atoms with Crippen LogP contribution in [0.4, 0.5) is 5.69 Å². The number of hydrogen-bond donors (Lipinski definition) is 1. The Morgan fingerprint density at radius 3 is 2.29 bits per heavy atom. The van der Waals surface area contributed by atoms with Crippen molar-refractivity contribution in [2.24, 2.45) is 0 Å². The van der Waals surface area contributed by atoms with E-state index < -0.39 is 18.5 Å². The molecule has 1 aliphatic rings. The normalized spacial score (nSPS) is 17.6. The van der Waals surface area contributed by atoms with Crippen LogP contribution in [-0.2, 0) is 14.3 Å². The number of carbonyl (C=O) groups excluding carboxylic acids is 3. The standard InChI is InChI=1S/C26H32N2O6/c1-4-32-23-11-6-5-10-22(23)27-24(29)16-34-26(31)20-12-14-21(15-13-20)33-17-25(30)28-18(2)8-7-9-19(28)3/h5-6,10-15,18-19H,4,7-9,16-17H2,1-3H3,(H,27,29)/t18-,19-/m0/s1. The molecule has 0 bridgehead atoms. The van der Waals surface area contributed by atoms with Crippen LogP contribution >= 0.6 is 0 Å². The Morgan fingerprint density at radius 1 is 0.941 bits per heavy atom. The molecule has 0 spiro atoms. The fourth-order valence-electron chi connectivity index (χ4n) is 4.07. The number of anilines is 1. The van der Waals surface area contributed by atoms with Gasteiger partial charge in [-0.1, -0.05) is 12.1 Å². The number of hydrogen-bond acceptors (Lipinski definition) is 6. The number of benzene rings is 2. The summed E-state index contributed by atoms with van der Waals surface area (Å²) in [7, 11) is 0. The van der Waals surface area contributed by atoms with E-state index in [9.17, 15) is 14.4 Å². The molecule has 8 nitrogen and oxygen atoms in total. The average molecular weight is 469 g/mol. The number of para-hydroxylation sites is 2. The molecule has 2 atom stereocenters. The topological polar surface area (TPSA) is 94.2 Å². The quantitative estimate of drug-likeness (QED) is 0.558. The van der Waals surface area contributed by atoms with Crippen molar-refractivity contribution in [1.29, 1.82) is 0 Å². The molecule has 1 N–H and O–H groups in total. The minimum Gasteiger partial charge on any atom is -0.492 e. The van der Waals surface area contributed by atoms with E-state index in [1.165, 1.54) is 12.1 Å². The van der Waals surface area contributed by atoms with Gasteiger partial charge in [0.1, 0.15) is 11.5 Å². The Labute approximate surface area is 200 Å². The predicted molar refractivity (Wildman–Crippen MR) is 128 cm³/mol. The molecule has 34 heavy (non-hydrogen) atoms. The number of nitrogens with one attached hydrogen (secondary N) is 1. The van der Waals surface area contributed by atoms with E-state index in [4.69, 9.17) is 14.2 Å². The fourth-order valence-corrected chi connectivity index (χ4v) is 4.07. The number of nitrogens with zero attached hydrogens (tertiary/aromatic N) is 1. The lowest BCUT2D eigenvalue weighted by molar-refractivity contribution is -0.139. The Hall–Kier alpha value is -3.55. The van der Waals surface area contributed by atoms with Crippen molar-refractivity contribution < 1.29 is 28.6 Å². The average Bonchev–Trinajstić information content (AvgIpc) is 2.83. The number of carbonyl (C=O) groups is 3. The molecule has 0 unspecified atom stereocenters. The summed E-state index contributed by atoms with van der Waals surface area (Å²) in [6, 6.07) is 13.7. The zero-order chi connectivity index (χ0) is 24.5. The van der Waals surface area contributed by atoms with Gasteiger partial charge in [0.05, 0.1) is 17.9 Å². The molecule has 1 saturated heterocycles. The van der Waals surface area contributed by atoms with E-state index in [0.717, 1.165) is 19.3 Å². The lowest BCUT2D eigenvalue weighted by Gasteiger charge is -2.38. The largest absolute Gasteiger partial charge is 0.492 e. The number of piperidine rings is 1. The molecule has 2 aromatic rings. The van der Waals surface area contributed by atoms with Crippen molar-refractivity contribution in [2.45, 2.75) is 52.1 Å². The third kappa shape index (κ3) is 6.73. The maximum Gasteiger partial charge on any atom is 0.338 e. The summed E-state index contributed by atoms with van der Waals surface area (Å²) in [5, 5.41) is 2.67. The van der Waals surface area contributed by atoms with E-state index >= 15 is 0 Å². The molecule has 1 fully saturated rings. The van der Waals surface area contributed by atoms with Crippen molar-refractivity contribution in [3.05, 3.63) is 54.1 Å². The molecule has 8 heteroatoms. The minimum atomic E-state index is -0.633. The van der Waals surface area contributed by atoms with Gasteiger partial charge in [-0.05, 0) is 76.4 Å². The molecular weight excluding hydrogens is 436 g/mol. The molecule has 182 valence electrons. The van der Waals surface area contributed by atoms with Gasteiger partial charge in [-0.15, -0.1) is 0 Å². The second kappa shape index (κ2) is 12.1. The zero-order valence-electron chi connectivity index (χ0n) is 19.9. The second-order valence-corrected chi connectivity index (χ2v) is 8.30. The highest BCUT2D eigenvalue weighted by atomic mass is 16.5. The van der Waals surface area contributed by atoms with Crippen LogP contribution in [0.1, 0.15) is 50.4 Å². The molecule has 3 rings (SSSR count). The fraction of sp³-hybridized carbons (Fsp3) is 0.423. The van der Waals surface area contributed by atoms with E-state index in [1.54, 1.807) is 36.4 Å². The van der Waals surface area contributed by atoms with E-state index in [2.05, 4.69) is 19.2 Å². The highest BCUT2D eigenvalue weighted by molar-refractivity contribution is 5.96. The maximum atomic E-state index is 12.6. The lowest BCUT2D eigenvalue weighted by atomic mass is 9.97. The monoisotopic (exact) mass is 468 g/mol. The minimum absolute atomic E-state index is 0.0416. The molecule has 0 aliphatic carbocycles. The van der Waals surface area contributed by atoms with Crippen molar-refractivity contribution in [2.75, 3.05) is 25.1 Å². The van der Waals surface area contributed by atoms with Crippen LogP contribution in [0, 0.1) is 0 Å². The molecular formula is C26H32N2O6. The highest BCUT2D eigenvalue weighted by Gasteiger charge is 2.29. The Morgan fingerprint density at radius 2 is 1.62 bits per heavy atom. The van der Waals surface area contributed by atoms with E-state index in [-0.39, 0.29) is 30.2 Å². The van der Waals surface area contributed by atoms with Crippen LogP contribution < -0.4 is 14.8 Å². The van der Waals surface area contributed by atoms with Crippen molar-refractivity contribution >= 4 is 23.5 Å². The van der Waals surface area contributed by atoms with Crippen LogP contribution in [0.5, 0.6) is 11.5 Å². The first kappa shape index (κ1) is 25.1. The number of rotatable bonds is 9. The first-order chi connectivity index (χ1) is 16.4. The highest BCUT2D eigenvalue weighted by Crippen LogP contribution is 2.24. The third-order valence-electron chi connectivity index (χ3n) is 5.73. The summed E-state index contributed by atoms with van der Waals surface area (Å²) >= 11 is 0.